The lowest BCUT2D eigenvalue weighted by Crippen LogP contribution is -2.50. The summed E-state index contributed by atoms with van der Waals surface area (Å²) >= 11 is 0. The summed E-state index contributed by atoms with van der Waals surface area (Å²) in [5, 5.41) is 0. The summed E-state index contributed by atoms with van der Waals surface area (Å²) in [6, 6.07) is 7.71. The molecule has 3 rings (SSSR count). The first kappa shape index (κ1) is 17.9. The van der Waals surface area contributed by atoms with Gasteiger partial charge in [-0.05, 0) is 25.0 Å². The number of rotatable bonds is 3. The molecule has 0 radical (unpaired) electrons. The van der Waals surface area contributed by atoms with Crippen LogP contribution in [-0.4, -0.2) is 36.9 Å². The monoisotopic (exact) mass is 343 g/mol. The van der Waals surface area contributed by atoms with Crippen LogP contribution in [0.1, 0.15) is 46.5 Å². The number of anilines is 2. The van der Waals surface area contributed by atoms with Gasteiger partial charge >= 0.3 is 0 Å². The molecule has 1 unspecified atom stereocenters. The van der Waals surface area contributed by atoms with Crippen LogP contribution in [0.4, 0.5) is 11.4 Å². The highest BCUT2D eigenvalue weighted by Crippen LogP contribution is 2.37. The molecule has 0 saturated heterocycles. The quantitative estimate of drug-likeness (QED) is 0.916. The maximum atomic E-state index is 13.0. The number of Topliss-reactive ketones (excluding diaryl/α,β-unsaturated/α-hetero) is 1. The lowest BCUT2D eigenvalue weighted by atomic mass is 9.90. The Bertz CT molecular complexity index is 659. The maximum Gasteiger partial charge on any atom is 0.246 e. The highest BCUT2D eigenvalue weighted by Gasteiger charge is 2.37. The molecule has 2 N–H and O–H groups in total. The third-order valence-electron chi connectivity index (χ3n) is 5.36. The topological polar surface area (TPSA) is 66.6 Å². The minimum absolute atomic E-state index is 0.0390. The van der Waals surface area contributed by atoms with Crippen molar-refractivity contribution in [2.45, 2.75) is 58.5 Å². The van der Waals surface area contributed by atoms with Gasteiger partial charge in [-0.15, -0.1) is 0 Å². The Labute approximate surface area is 150 Å². The molecule has 1 aromatic carbocycles. The molecule has 0 spiro atoms. The molecule has 1 heterocycles. The van der Waals surface area contributed by atoms with Gasteiger partial charge < -0.3 is 15.5 Å². The zero-order chi connectivity index (χ0) is 18.2. The molecular formula is C20H29N3O2. The smallest absolute Gasteiger partial charge is 0.246 e. The third kappa shape index (κ3) is 3.56. The van der Waals surface area contributed by atoms with Crippen molar-refractivity contribution in [2.24, 2.45) is 11.1 Å². The van der Waals surface area contributed by atoms with Crippen LogP contribution in [0.25, 0.3) is 0 Å². The molecule has 0 bridgehead atoms. The number of para-hydroxylation sites is 2. The van der Waals surface area contributed by atoms with Crippen molar-refractivity contribution in [1.82, 2.24) is 0 Å². The van der Waals surface area contributed by atoms with E-state index >= 15 is 0 Å². The first-order valence-corrected chi connectivity index (χ1v) is 9.25. The number of ketones is 1. The molecule has 1 atom stereocenters. The predicted octanol–water partition coefficient (Wildman–Crippen LogP) is 2.72. The molecule has 25 heavy (non-hydrogen) atoms. The van der Waals surface area contributed by atoms with Crippen LogP contribution in [0.2, 0.25) is 0 Å². The van der Waals surface area contributed by atoms with Gasteiger partial charge in [0.2, 0.25) is 5.91 Å². The first-order chi connectivity index (χ1) is 11.8. The average Bonchev–Trinajstić information content (AvgIpc) is 3.07. The van der Waals surface area contributed by atoms with E-state index in [4.69, 9.17) is 5.73 Å². The molecule has 1 amide bonds. The summed E-state index contributed by atoms with van der Waals surface area (Å²) in [5.41, 5.74) is 7.59. The van der Waals surface area contributed by atoms with E-state index in [2.05, 4.69) is 4.90 Å². The van der Waals surface area contributed by atoms with Crippen molar-refractivity contribution in [3.05, 3.63) is 24.3 Å². The summed E-state index contributed by atoms with van der Waals surface area (Å²) in [6.45, 7) is 6.24. The van der Waals surface area contributed by atoms with E-state index in [0.717, 1.165) is 24.2 Å². The number of fused-ring (bicyclic) bond motifs is 1. The standard InChI is InChI=1S/C20H29N3O2/c1-20(2,3)18(24)13-23-17-11-7-6-10-16(17)22(12-15(21)19(23)25)14-8-4-5-9-14/h6-7,10-11,14-15H,4-5,8-9,12-13,21H2,1-3H3. The fourth-order valence-electron chi connectivity index (χ4n) is 3.75. The zero-order valence-corrected chi connectivity index (χ0v) is 15.5. The second-order valence-electron chi connectivity index (χ2n) is 8.28. The lowest BCUT2D eigenvalue weighted by Gasteiger charge is -2.32. The van der Waals surface area contributed by atoms with Gasteiger partial charge in [0, 0.05) is 18.0 Å². The van der Waals surface area contributed by atoms with E-state index in [-0.39, 0.29) is 18.2 Å². The number of nitrogens with two attached hydrogens (primary N) is 1. The molecule has 1 fully saturated rings. The summed E-state index contributed by atoms with van der Waals surface area (Å²) in [6.07, 6.45) is 4.71. The Hall–Kier alpha value is -1.88. The van der Waals surface area contributed by atoms with Gasteiger partial charge in [0.1, 0.15) is 6.04 Å². The molecule has 1 saturated carbocycles. The summed E-state index contributed by atoms with van der Waals surface area (Å²) in [4.78, 5) is 29.4. The zero-order valence-electron chi connectivity index (χ0n) is 15.5. The number of carbonyl (C=O) groups excluding carboxylic acids is 2. The van der Waals surface area contributed by atoms with E-state index in [1.165, 1.54) is 12.8 Å². The molecule has 2 aliphatic rings. The molecule has 136 valence electrons. The Balaban J connectivity index is 2.00. The molecule has 5 heteroatoms. The van der Waals surface area contributed by atoms with Crippen LogP contribution in [0.5, 0.6) is 0 Å². The number of hydrogen-bond acceptors (Lipinski definition) is 4. The molecular weight excluding hydrogens is 314 g/mol. The van der Waals surface area contributed by atoms with Gasteiger partial charge in [-0.3, -0.25) is 9.59 Å². The van der Waals surface area contributed by atoms with Crippen LogP contribution < -0.4 is 15.5 Å². The Morgan fingerprint density at radius 1 is 1.16 bits per heavy atom. The van der Waals surface area contributed by atoms with Crippen molar-refractivity contribution in [3.63, 3.8) is 0 Å². The fraction of sp³-hybridized carbons (Fsp3) is 0.600. The van der Waals surface area contributed by atoms with Crippen LogP contribution in [0.3, 0.4) is 0 Å². The minimum atomic E-state index is -0.610. The Morgan fingerprint density at radius 3 is 2.36 bits per heavy atom. The third-order valence-corrected chi connectivity index (χ3v) is 5.36. The Morgan fingerprint density at radius 2 is 1.76 bits per heavy atom. The number of carbonyl (C=O) groups is 2. The van der Waals surface area contributed by atoms with E-state index in [0.29, 0.717) is 12.6 Å². The van der Waals surface area contributed by atoms with Gasteiger partial charge in [0.05, 0.1) is 17.9 Å². The van der Waals surface area contributed by atoms with E-state index in [1.807, 2.05) is 45.0 Å². The molecule has 1 aromatic rings. The lowest BCUT2D eigenvalue weighted by molar-refractivity contribution is -0.127. The summed E-state index contributed by atoms with van der Waals surface area (Å²) in [5.74, 6) is -0.122. The van der Waals surface area contributed by atoms with Gasteiger partial charge in [-0.2, -0.15) is 0 Å². The van der Waals surface area contributed by atoms with Crippen LogP contribution in [0, 0.1) is 5.41 Å². The number of nitrogens with zero attached hydrogens (tertiary/aromatic N) is 2. The van der Waals surface area contributed by atoms with E-state index in [1.54, 1.807) is 4.90 Å². The number of hydrogen-bond donors (Lipinski definition) is 1. The van der Waals surface area contributed by atoms with E-state index in [9.17, 15) is 9.59 Å². The van der Waals surface area contributed by atoms with Crippen molar-refractivity contribution in [2.75, 3.05) is 22.9 Å². The van der Waals surface area contributed by atoms with Crippen LogP contribution in [-0.2, 0) is 9.59 Å². The predicted molar refractivity (Wildman–Crippen MR) is 101 cm³/mol. The van der Waals surface area contributed by atoms with Crippen LogP contribution >= 0.6 is 0 Å². The van der Waals surface area contributed by atoms with Crippen molar-refractivity contribution < 1.29 is 9.59 Å². The second kappa shape index (κ2) is 6.79. The molecule has 0 aromatic heterocycles. The number of benzene rings is 1. The summed E-state index contributed by atoms with van der Waals surface area (Å²) < 4.78 is 0. The van der Waals surface area contributed by atoms with Gasteiger partial charge in [-0.1, -0.05) is 45.7 Å². The van der Waals surface area contributed by atoms with E-state index < -0.39 is 11.5 Å². The molecule has 1 aliphatic heterocycles. The van der Waals surface area contributed by atoms with Gasteiger partial charge in [0.15, 0.2) is 5.78 Å². The normalized spacial score (nSPS) is 22.1. The van der Waals surface area contributed by atoms with Crippen LogP contribution in [0.15, 0.2) is 24.3 Å². The van der Waals surface area contributed by atoms with Crippen molar-refractivity contribution in [1.29, 1.82) is 0 Å². The molecule has 5 nitrogen and oxygen atoms in total. The second-order valence-corrected chi connectivity index (χ2v) is 8.28. The number of amides is 1. The maximum absolute atomic E-state index is 13.0. The highest BCUT2D eigenvalue weighted by atomic mass is 16.2. The molecule has 1 aliphatic carbocycles. The van der Waals surface area contributed by atoms with Crippen molar-refractivity contribution >= 4 is 23.1 Å². The highest BCUT2D eigenvalue weighted by molar-refractivity contribution is 6.06. The summed E-state index contributed by atoms with van der Waals surface area (Å²) in [7, 11) is 0. The van der Waals surface area contributed by atoms with Gasteiger partial charge in [-0.25, -0.2) is 0 Å². The van der Waals surface area contributed by atoms with Gasteiger partial charge in [0.25, 0.3) is 0 Å². The minimum Gasteiger partial charge on any atom is -0.365 e. The average molecular weight is 343 g/mol. The van der Waals surface area contributed by atoms with Crippen molar-refractivity contribution in [3.8, 4) is 0 Å². The SMILES string of the molecule is CC(C)(C)C(=O)CN1C(=O)C(N)CN(C2CCCC2)c2ccccc21. The fourth-order valence-corrected chi connectivity index (χ4v) is 3.75. The Kier molecular flexibility index (Phi) is 4.87. The largest absolute Gasteiger partial charge is 0.365 e. The first-order valence-electron chi connectivity index (χ1n) is 9.25.